The first-order valence-corrected chi connectivity index (χ1v) is 7.40. The number of rotatable bonds is 5. The summed E-state index contributed by atoms with van der Waals surface area (Å²) < 4.78 is 39.2. The van der Waals surface area contributed by atoms with Crippen molar-refractivity contribution in [2.75, 3.05) is 11.9 Å². The predicted molar refractivity (Wildman–Crippen MR) is 82.4 cm³/mol. The van der Waals surface area contributed by atoms with Gasteiger partial charge in [0.1, 0.15) is 0 Å². The van der Waals surface area contributed by atoms with Crippen LogP contribution in [0.15, 0.2) is 53.0 Å². The van der Waals surface area contributed by atoms with E-state index in [-0.39, 0.29) is 5.69 Å². The van der Waals surface area contributed by atoms with Crippen LogP contribution in [0.5, 0.6) is 0 Å². The van der Waals surface area contributed by atoms with E-state index < -0.39 is 11.7 Å². The first-order chi connectivity index (χ1) is 9.97. The summed E-state index contributed by atoms with van der Waals surface area (Å²) in [6.07, 6.45) is -2.74. The fraction of sp³-hybridized carbons (Fsp3) is 0.250. The van der Waals surface area contributed by atoms with Crippen molar-refractivity contribution < 1.29 is 13.2 Å². The monoisotopic (exact) mass is 357 g/mol. The Kier molecular flexibility index (Phi) is 5.28. The Balaban J connectivity index is 1.94. The molecule has 1 N–H and O–H groups in total. The summed E-state index contributed by atoms with van der Waals surface area (Å²) in [5, 5.41) is 2.88. The second-order valence-corrected chi connectivity index (χ2v) is 5.62. The van der Waals surface area contributed by atoms with Crippen LogP contribution in [-0.4, -0.2) is 6.54 Å². The van der Waals surface area contributed by atoms with Gasteiger partial charge in [-0.05, 0) is 36.6 Å². The van der Waals surface area contributed by atoms with E-state index in [1.165, 1.54) is 11.6 Å². The van der Waals surface area contributed by atoms with Crippen LogP contribution in [0.1, 0.15) is 17.5 Å². The normalized spacial score (nSPS) is 11.4. The van der Waals surface area contributed by atoms with E-state index in [9.17, 15) is 13.2 Å². The topological polar surface area (TPSA) is 12.0 Å². The molecule has 0 aliphatic rings. The van der Waals surface area contributed by atoms with Gasteiger partial charge in [0, 0.05) is 16.7 Å². The molecular weight excluding hydrogens is 343 g/mol. The first-order valence-electron chi connectivity index (χ1n) is 6.61. The zero-order chi connectivity index (χ0) is 15.3. The van der Waals surface area contributed by atoms with Gasteiger partial charge in [0.05, 0.1) is 5.56 Å². The Morgan fingerprint density at radius 1 is 1.00 bits per heavy atom. The molecule has 0 unspecified atom stereocenters. The van der Waals surface area contributed by atoms with Crippen molar-refractivity contribution >= 4 is 21.6 Å². The largest absolute Gasteiger partial charge is 0.418 e. The fourth-order valence-electron chi connectivity index (χ4n) is 2.07. The molecule has 0 aliphatic carbocycles. The highest BCUT2D eigenvalue weighted by Crippen LogP contribution is 2.36. The second kappa shape index (κ2) is 6.98. The van der Waals surface area contributed by atoms with Crippen molar-refractivity contribution in [2.24, 2.45) is 0 Å². The highest BCUT2D eigenvalue weighted by atomic mass is 79.9. The maximum atomic E-state index is 12.9. The van der Waals surface area contributed by atoms with E-state index in [1.807, 2.05) is 30.3 Å². The molecule has 0 amide bonds. The van der Waals surface area contributed by atoms with Gasteiger partial charge >= 0.3 is 6.18 Å². The van der Waals surface area contributed by atoms with E-state index in [1.54, 1.807) is 6.07 Å². The van der Waals surface area contributed by atoms with E-state index >= 15 is 0 Å². The molecule has 21 heavy (non-hydrogen) atoms. The number of aryl methyl sites for hydroxylation is 1. The molecule has 0 radical (unpaired) electrons. The molecule has 112 valence electrons. The summed E-state index contributed by atoms with van der Waals surface area (Å²) in [7, 11) is 0. The van der Waals surface area contributed by atoms with Gasteiger partial charge < -0.3 is 5.32 Å². The van der Waals surface area contributed by atoms with Crippen LogP contribution in [0.25, 0.3) is 0 Å². The molecule has 1 nitrogen and oxygen atoms in total. The van der Waals surface area contributed by atoms with Crippen LogP contribution in [-0.2, 0) is 12.6 Å². The molecule has 0 bridgehead atoms. The van der Waals surface area contributed by atoms with Gasteiger partial charge in [0.2, 0.25) is 0 Å². The smallest absolute Gasteiger partial charge is 0.385 e. The maximum Gasteiger partial charge on any atom is 0.418 e. The van der Waals surface area contributed by atoms with Gasteiger partial charge in [-0.1, -0.05) is 46.3 Å². The molecule has 0 aromatic heterocycles. The number of halogens is 4. The molecule has 0 spiro atoms. The first kappa shape index (κ1) is 15.9. The zero-order valence-corrected chi connectivity index (χ0v) is 12.8. The molecule has 2 aromatic carbocycles. The van der Waals surface area contributed by atoms with Gasteiger partial charge in [-0.2, -0.15) is 13.2 Å². The van der Waals surface area contributed by atoms with Crippen molar-refractivity contribution in [3.05, 3.63) is 64.1 Å². The van der Waals surface area contributed by atoms with Crippen molar-refractivity contribution in [3.63, 3.8) is 0 Å². The summed E-state index contributed by atoms with van der Waals surface area (Å²) in [6.45, 7) is 0.500. The highest BCUT2D eigenvalue weighted by Gasteiger charge is 2.33. The average Bonchev–Trinajstić information content (AvgIpc) is 2.45. The lowest BCUT2D eigenvalue weighted by atomic mass is 10.1. The highest BCUT2D eigenvalue weighted by molar-refractivity contribution is 9.10. The lowest BCUT2D eigenvalue weighted by molar-refractivity contribution is -0.137. The van der Waals surface area contributed by atoms with Crippen molar-refractivity contribution in [3.8, 4) is 0 Å². The van der Waals surface area contributed by atoms with Crippen LogP contribution in [0.3, 0.4) is 0 Å². The minimum absolute atomic E-state index is 0.124. The van der Waals surface area contributed by atoms with E-state index in [2.05, 4.69) is 21.2 Å². The molecular formula is C16H15BrF3N. The third-order valence-corrected chi connectivity index (χ3v) is 3.58. The number of alkyl halides is 3. The van der Waals surface area contributed by atoms with Crippen LogP contribution in [0.2, 0.25) is 0 Å². The van der Waals surface area contributed by atoms with Crippen molar-refractivity contribution in [1.82, 2.24) is 0 Å². The molecule has 5 heteroatoms. The van der Waals surface area contributed by atoms with Crippen molar-refractivity contribution in [2.45, 2.75) is 19.0 Å². The third kappa shape index (κ3) is 4.77. The number of hydrogen-bond donors (Lipinski definition) is 1. The van der Waals surface area contributed by atoms with Crippen LogP contribution < -0.4 is 5.32 Å². The number of nitrogens with one attached hydrogen (secondary N) is 1. The Morgan fingerprint density at radius 2 is 1.71 bits per heavy atom. The molecule has 2 rings (SSSR count). The summed E-state index contributed by atoms with van der Waals surface area (Å²) in [5.74, 6) is 0. The lowest BCUT2D eigenvalue weighted by Crippen LogP contribution is -2.12. The standard InChI is InChI=1S/C16H15BrF3N/c17-13-8-9-15(14(11-13)16(18,19)20)21-10-4-7-12-5-2-1-3-6-12/h1-3,5-6,8-9,11,21H,4,7,10H2. The SMILES string of the molecule is FC(F)(F)c1cc(Br)ccc1NCCCc1ccccc1. The Bertz CT molecular complexity index is 582. The van der Waals surface area contributed by atoms with Crippen LogP contribution in [0, 0.1) is 0 Å². The summed E-state index contributed by atoms with van der Waals surface area (Å²) in [4.78, 5) is 0. The number of anilines is 1. The molecule has 0 heterocycles. The van der Waals surface area contributed by atoms with Crippen LogP contribution >= 0.6 is 15.9 Å². The van der Waals surface area contributed by atoms with E-state index in [0.29, 0.717) is 11.0 Å². The van der Waals surface area contributed by atoms with Gasteiger partial charge in [-0.3, -0.25) is 0 Å². The average molecular weight is 358 g/mol. The third-order valence-electron chi connectivity index (χ3n) is 3.09. The van der Waals surface area contributed by atoms with Crippen molar-refractivity contribution in [1.29, 1.82) is 0 Å². The van der Waals surface area contributed by atoms with E-state index in [4.69, 9.17) is 0 Å². The Morgan fingerprint density at radius 3 is 2.38 bits per heavy atom. The number of benzene rings is 2. The number of hydrogen-bond acceptors (Lipinski definition) is 1. The predicted octanol–water partition coefficient (Wildman–Crippen LogP) is 5.51. The minimum atomic E-state index is -4.36. The molecule has 0 aliphatic heterocycles. The molecule has 0 saturated heterocycles. The maximum absolute atomic E-state index is 12.9. The molecule has 0 atom stereocenters. The van der Waals surface area contributed by atoms with Gasteiger partial charge in [0.25, 0.3) is 0 Å². The zero-order valence-electron chi connectivity index (χ0n) is 11.3. The van der Waals surface area contributed by atoms with E-state index in [0.717, 1.165) is 18.9 Å². The fourth-order valence-corrected chi connectivity index (χ4v) is 2.43. The quantitative estimate of drug-likeness (QED) is 0.695. The molecule has 0 fully saturated rings. The van der Waals surface area contributed by atoms with Gasteiger partial charge in [-0.25, -0.2) is 0 Å². The summed E-state index contributed by atoms with van der Waals surface area (Å²) in [6, 6.07) is 14.0. The summed E-state index contributed by atoms with van der Waals surface area (Å²) >= 11 is 3.07. The summed E-state index contributed by atoms with van der Waals surface area (Å²) in [5.41, 5.74) is 0.668. The van der Waals surface area contributed by atoms with Crippen LogP contribution in [0.4, 0.5) is 18.9 Å². The lowest BCUT2D eigenvalue weighted by Gasteiger charge is -2.15. The van der Waals surface area contributed by atoms with Gasteiger partial charge in [0.15, 0.2) is 0 Å². The van der Waals surface area contributed by atoms with Gasteiger partial charge in [-0.15, -0.1) is 0 Å². The second-order valence-electron chi connectivity index (χ2n) is 4.70. The Labute approximate surface area is 130 Å². The minimum Gasteiger partial charge on any atom is -0.385 e. The Hall–Kier alpha value is -1.49. The molecule has 2 aromatic rings. The molecule has 0 saturated carbocycles.